The highest BCUT2D eigenvalue weighted by atomic mass is 16.3. The lowest BCUT2D eigenvalue weighted by Crippen LogP contribution is -2.50. The second kappa shape index (κ2) is 5.27. The Kier molecular flexibility index (Phi) is 3.74. The van der Waals surface area contributed by atoms with Crippen molar-refractivity contribution in [3.05, 3.63) is 24.4 Å². The zero-order chi connectivity index (χ0) is 11.4. The van der Waals surface area contributed by atoms with Crippen molar-refractivity contribution in [2.45, 2.75) is 13.0 Å². The average molecular weight is 221 g/mol. The van der Waals surface area contributed by atoms with Crippen molar-refractivity contribution < 1.29 is 5.11 Å². The van der Waals surface area contributed by atoms with Crippen LogP contribution < -0.4 is 4.90 Å². The predicted molar refractivity (Wildman–Crippen MR) is 64.6 cm³/mol. The standard InChI is InChI=1S/C12H19N3O/c1-11(10-16)14-6-8-15(9-7-14)12-4-2-3-5-13-12/h2-5,11,16H,6-10H2,1H3. The molecule has 0 aromatic carbocycles. The number of aliphatic hydroxyl groups excluding tert-OH is 1. The lowest BCUT2D eigenvalue weighted by Gasteiger charge is -2.37. The molecule has 0 bridgehead atoms. The first-order valence-electron chi connectivity index (χ1n) is 5.82. The van der Waals surface area contributed by atoms with Gasteiger partial charge in [-0.1, -0.05) is 6.07 Å². The van der Waals surface area contributed by atoms with Gasteiger partial charge in [0.05, 0.1) is 6.61 Å². The molecule has 0 aliphatic carbocycles. The first-order chi connectivity index (χ1) is 7.81. The number of nitrogens with zero attached hydrogens (tertiary/aromatic N) is 3. The molecule has 2 rings (SSSR count). The highest BCUT2D eigenvalue weighted by Crippen LogP contribution is 2.13. The third-order valence-electron chi connectivity index (χ3n) is 3.18. The Morgan fingerprint density at radius 3 is 2.62 bits per heavy atom. The molecule has 0 radical (unpaired) electrons. The smallest absolute Gasteiger partial charge is 0.128 e. The zero-order valence-electron chi connectivity index (χ0n) is 9.71. The van der Waals surface area contributed by atoms with Crippen molar-refractivity contribution in [2.75, 3.05) is 37.7 Å². The molecule has 1 fully saturated rings. The minimum atomic E-state index is 0.240. The second-order valence-electron chi connectivity index (χ2n) is 4.24. The highest BCUT2D eigenvalue weighted by molar-refractivity contribution is 5.38. The first-order valence-corrected chi connectivity index (χ1v) is 5.82. The van der Waals surface area contributed by atoms with Crippen LogP contribution in [0.5, 0.6) is 0 Å². The summed E-state index contributed by atoms with van der Waals surface area (Å²) in [4.78, 5) is 8.96. The summed E-state index contributed by atoms with van der Waals surface area (Å²) in [5.41, 5.74) is 0. The quantitative estimate of drug-likeness (QED) is 0.810. The predicted octanol–water partition coefficient (Wildman–Crippen LogP) is 0.584. The van der Waals surface area contributed by atoms with Crippen LogP contribution in [0, 0.1) is 0 Å². The van der Waals surface area contributed by atoms with Gasteiger partial charge in [0.15, 0.2) is 0 Å². The van der Waals surface area contributed by atoms with E-state index in [0.29, 0.717) is 0 Å². The minimum absolute atomic E-state index is 0.240. The van der Waals surface area contributed by atoms with Gasteiger partial charge in [-0.25, -0.2) is 4.98 Å². The van der Waals surface area contributed by atoms with Gasteiger partial charge in [0.1, 0.15) is 5.82 Å². The maximum Gasteiger partial charge on any atom is 0.128 e. The Morgan fingerprint density at radius 2 is 2.06 bits per heavy atom. The fraction of sp³-hybridized carbons (Fsp3) is 0.583. The minimum Gasteiger partial charge on any atom is -0.395 e. The van der Waals surface area contributed by atoms with E-state index in [4.69, 9.17) is 5.11 Å². The van der Waals surface area contributed by atoms with Gasteiger partial charge in [0, 0.05) is 38.4 Å². The summed E-state index contributed by atoms with van der Waals surface area (Å²) in [6.07, 6.45) is 1.83. The number of piperazine rings is 1. The van der Waals surface area contributed by atoms with Crippen molar-refractivity contribution in [2.24, 2.45) is 0 Å². The maximum atomic E-state index is 9.10. The molecule has 16 heavy (non-hydrogen) atoms. The molecular weight excluding hydrogens is 202 g/mol. The summed E-state index contributed by atoms with van der Waals surface area (Å²) < 4.78 is 0. The lowest BCUT2D eigenvalue weighted by atomic mass is 10.2. The molecule has 1 aliphatic rings. The van der Waals surface area contributed by atoms with E-state index in [1.54, 1.807) is 0 Å². The van der Waals surface area contributed by atoms with Crippen molar-refractivity contribution >= 4 is 5.82 Å². The number of aromatic nitrogens is 1. The summed E-state index contributed by atoms with van der Waals surface area (Å²) in [6, 6.07) is 6.27. The molecule has 1 N–H and O–H groups in total. The summed E-state index contributed by atoms with van der Waals surface area (Å²) >= 11 is 0. The summed E-state index contributed by atoms with van der Waals surface area (Å²) in [5, 5.41) is 9.10. The van der Waals surface area contributed by atoms with E-state index in [2.05, 4.69) is 21.7 Å². The molecule has 0 amide bonds. The monoisotopic (exact) mass is 221 g/mol. The Bertz CT molecular complexity index is 309. The average Bonchev–Trinajstić information content (AvgIpc) is 2.39. The normalized spacial score (nSPS) is 19.8. The number of aliphatic hydroxyl groups is 1. The SMILES string of the molecule is CC(CO)N1CCN(c2ccccn2)CC1. The summed E-state index contributed by atoms with van der Waals surface area (Å²) in [5.74, 6) is 1.05. The van der Waals surface area contributed by atoms with Gasteiger partial charge in [0.25, 0.3) is 0 Å². The molecule has 1 saturated heterocycles. The molecule has 1 aromatic rings. The van der Waals surface area contributed by atoms with E-state index in [1.165, 1.54) is 0 Å². The molecule has 0 spiro atoms. The molecular formula is C12H19N3O. The van der Waals surface area contributed by atoms with Gasteiger partial charge in [-0.05, 0) is 19.1 Å². The van der Waals surface area contributed by atoms with E-state index in [0.717, 1.165) is 32.0 Å². The van der Waals surface area contributed by atoms with Crippen LogP contribution >= 0.6 is 0 Å². The molecule has 2 heterocycles. The lowest BCUT2D eigenvalue weighted by molar-refractivity contribution is 0.128. The fourth-order valence-corrected chi connectivity index (χ4v) is 2.05. The summed E-state index contributed by atoms with van der Waals surface area (Å²) in [7, 11) is 0. The van der Waals surface area contributed by atoms with Crippen LogP contribution in [-0.2, 0) is 0 Å². The number of anilines is 1. The van der Waals surface area contributed by atoms with Crippen LogP contribution in [0.1, 0.15) is 6.92 Å². The van der Waals surface area contributed by atoms with E-state index in [1.807, 2.05) is 24.4 Å². The summed E-state index contributed by atoms with van der Waals surface area (Å²) in [6.45, 7) is 6.28. The Labute approximate surface area is 96.5 Å². The molecule has 1 aliphatic heterocycles. The van der Waals surface area contributed by atoms with Crippen LogP contribution in [0.4, 0.5) is 5.82 Å². The number of hydrogen-bond acceptors (Lipinski definition) is 4. The van der Waals surface area contributed by atoms with Gasteiger partial charge >= 0.3 is 0 Å². The maximum absolute atomic E-state index is 9.10. The highest BCUT2D eigenvalue weighted by Gasteiger charge is 2.20. The zero-order valence-corrected chi connectivity index (χ0v) is 9.71. The van der Waals surface area contributed by atoms with Gasteiger partial charge in [0.2, 0.25) is 0 Å². The van der Waals surface area contributed by atoms with Crippen molar-refractivity contribution in [3.63, 3.8) is 0 Å². The third kappa shape index (κ3) is 2.51. The van der Waals surface area contributed by atoms with Crippen molar-refractivity contribution in [3.8, 4) is 0 Å². The van der Waals surface area contributed by atoms with Crippen LogP contribution in [0.15, 0.2) is 24.4 Å². The molecule has 4 heteroatoms. The van der Waals surface area contributed by atoms with Gasteiger partial charge < -0.3 is 10.0 Å². The number of hydrogen-bond donors (Lipinski definition) is 1. The van der Waals surface area contributed by atoms with E-state index in [-0.39, 0.29) is 12.6 Å². The fourth-order valence-electron chi connectivity index (χ4n) is 2.05. The van der Waals surface area contributed by atoms with Crippen molar-refractivity contribution in [1.29, 1.82) is 0 Å². The Morgan fingerprint density at radius 1 is 1.31 bits per heavy atom. The molecule has 1 aromatic heterocycles. The van der Waals surface area contributed by atoms with E-state index in [9.17, 15) is 0 Å². The van der Waals surface area contributed by atoms with Gasteiger partial charge in [-0.15, -0.1) is 0 Å². The first kappa shape index (κ1) is 11.4. The number of pyridine rings is 1. The topological polar surface area (TPSA) is 39.6 Å². The molecule has 1 unspecified atom stereocenters. The van der Waals surface area contributed by atoms with Crippen LogP contribution in [-0.4, -0.2) is 53.8 Å². The Balaban J connectivity index is 1.91. The molecule has 4 nitrogen and oxygen atoms in total. The van der Waals surface area contributed by atoms with Crippen molar-refractivity contribution in [1.82, 2.24) is 9.88 Å². The van der Waals surface area contributed by atoms with Crippen LogP contribution in [0.2, 0.25) is 0 Å². The van der Waals surface area contributed by atoms with Gasteiger partial charge in [-0.2, -0.15) is 0 Å². The molecule has 0 saturated carbocycles. The molecule has 1 atom stereocenters. The third-order valence-corrected chi connectivity index (χ3v) is 3.18. The van der Waals surface area contributed by atoms with Crippen LogP contribution in [0.25, 0.3) is 0 Å². The van der Waals surface area contributed by atoms with Crippen LogP contribution in [0.3, 0.4) is 0 Å². The van der Waals surface area contributed by atoms with Gasteiger partial charge in [-0.3, -0.25) is 4.90 Å². The second-order valence-corrected chi connectivity index (χ2v) is 4.24. The molecule has 88 valence electrons. The van der Waals surface area contributed by atoms with E-state index >= 15 is 0 Å². The largest absolute Gasteiger partial charge is 0.395 e. The Hall–Kier alpha value is -1.13. The van der Waals surface area contributed by atoms with E-state index < -0.39 is 0 Å². The number of rotatable bonds is 3.